The standard InChI is InChI=1S/C13H16BrFN2OS/c1-3-17(7-8(2)12(16)19)13(18)9-4-10(14)6-11(15)5-9/h4-6,8H,3,7H2,1-2H3,(H2,16,19). The summed E-state index contributed by atoms with van der Waals surface area (Å²) in [5.74, 6) is -0.752. The van der Waals surface area contributed by atoms with E-state index in [2.05, 4.69) is 15.9 Å². The fraction of sp³-hybridized carbons (Fsp3) is 0.385. The zero-order valence-corrected chi connectivity index (χ0v) is 13.2. The Hall–Kier alpha value is -1.01. The molecule has 0 aliphatic heterocycles. The minimum Gasteiger partial charge on any atom is -0.393 e. The molecule has 2 N–H and O–H groups in total. The molecular weight excluding hydrogens is 331 g/mol. The third-order valence-electron chi connectivity index (χ3n) is 2.76. The van der Waals surface area contributed by atoms with Crippen molar-refractivity contribution in [3.63, 3.8) is 0 Å². The second kappa shape index (κ2) is 6.96. The van der Waals surface area contributed by atoms with E-state index in [0.717, 1.165) is 0 Å². The Balaban J connectivity index is 2.92. The highest BCUT2D eigenvalue weighted by molar-refractivity contribution is 9.10. The predicted octanol–water partition coefficient (Wildman–Crippen LogP) is 2.97. The highest BCUT2D eigenvalue weighted by Gasteiger charge is 2.18. The van der Waals surface area contributed by atoms with E-state index in [-0.39, 0.29) is 11.8 Å². The van der Waals surface area contributed by atoms with Crippen LogP contribution in [0.15, 0.2) is 22.7 Å². The zero-order valence-electron chi connectivity index (χ0n) is 10.8. The summed E-state index contributed by atoms with van der Waals surface area (Å²) in [6.07, 6.45) is 0. The molecular formula is C13H16BrFN2OS. The van der Waals surface area contributed by atoms with Gasteiger partial charge in [-0.15, -0.1) is 0 Å². The average molecular weight is 347 g/mol. The summed E-state index contributed by atoms with van der Waals surface area (Å²) in [6.45, 7) is 4.66. The molecule has 6 heteroatoms. The van der Waals surface area contributed by atoms with Crippen LogP contribution in [0.25, 0.3) is 0 Å². The van der Waals surface area contributed by atoms with Crippen LogP contribution in [0, 0.1) is 11.7 Å². The monoisotopic (exact) mass is 346 g/mol. The van der Waals surface area contributed by atoms with E-state index in [4.69, 9.17) is 18.0 Å². The average Bonchev–Trinajstić information content (AvgIpc) is 2.33. The number of nitrogens with zero attached hydrogens (tertiary/aromatic N) is 1. The molecule has 0 saturated carbocycles. The normalized spacial score (nSPS) is 12.0. The van der Waals surface area contributed by atoms with Crippen LogP contribution in [0.1, 0.15) is 24.2 Å². The first-order chi connectivity index (χ1) is 8.85. The Kier molecular flexibility index (Phi) is 5.87. The number of thiocarbonyl (C=S) groups is 1. The van der Waals surface area contributed by atoms with Crippen LogP contribution in [-0.4, -0.2) is 28.9 Å². The van der Waals surface area contributed by atoms with Gasteiger partial charge in [-0.05, 0) is 25.1 Å². The highest BCUT2D eigenvalue weighted by atomic mass is 79.9. The molecule has 0 aromatic heterocycles. The minimum absolute atomic E-state index is 0.0732. The van der Waals surface area contributed by atoms with Gasteiger partial charge in [0.2, 0.25) is 0 Å². The Labute approximate surface area is 126 Å². The largest absolute Gasteiger partial charge is 0.393 e. The zero-order chi connectivity index (χ0) is 14.6. The van der Waals surface area contributed by atoms with Gasteiger partial charge in [-0.3, -0.25) is 4.79 Å². The maximum atomic E-state index is 13.3. The first-order valence-electron chi connectivity index (χ1n) is 5.89. The molecule has 0 saturated heterocycles. The molecule has 0 fully saturated rings. The van der Waals surface area contributed by atoms with Crippen LogP contribution in [0.2, 0.25) is 0 Å². The Morgan fingerprint density at radius 3 is 2.63 bits per heavy atom. The molecule has 1 aromatic rings. The van der Waals surface area contributed by atoms with E-state index < -0.39 is 5.82 Å². The summed E-state index contributed by atoms with van der Waals surface area (Å²) >= 11 is 8.08. The van der Waals surface area contributed by atoms with E-state index in [1.807, 2.05) is 13.8 Å². The first-order valence-corrected chi connectivity index (χ1v) is 7.10. The molecule has 1 atom stereocenters. The number of halogens is 2. The van der Waals surface area contributed by atoms with Crippen molar-refractivity contribution in [2.75, 3.05) is 13.1 Å². The topological polar surface area (TPSA) is 46.3 Å². The van der Waals surface area contributed by atoms with Crippen LogP contribution in [-0.2, 0) is 0 Å². The van der Waals surface area contributed by atoms with E-state index in [1.54, 1.807) is 11.0 Å². The van der Waals surface area contributed by atoms with Gasteiger partial charge in [0.15, 0.2) is 0 Å². The number of hydrogen-bond donors (Lipinski definition) is 1. The predicted molar refractivity (Wildman–Crippen MR) is 81.6 cm³/mol. The van der Waals surface area contributed by atoms with Crippen LogP contribution >= 0.6 is 28.1 Å². The highest BCUT2D eigenvalue weighted by Crippen LogP contribution is 2.17. The summed E-state index contributed by atoms with van der Waals surface area (Å²) in [6, 6.07) is 4.13. The summed E-state index contributed by atoms with van der Waals surface area (Å²) < 4.78 is 13.8. The van der Waals surface area contributed by atoms with Gasteiger partial charge in [-0.25, -0.2) is 4.39 Å². The molecule has 19 heavy (non-hydrogen) atoms. The third kappa shape index (κ3) is 4.54. The number of amides is 1. The molecule has 0 aliphatic rings. The van der Waals surface area contributed by atoms with Crippen LogP contribution in [0.5, 0.6) is 0 Å². The lowest BCUT2D eigenvalue weighted by molar-refractivity contribution is 0.0754. The van der Waals surface area contributed by atoms with Crippen molar-refractivity contribution in [3.05, 3.63) is 34.1 Å². The van der Waals surface area contributed by atoms with Crippen molar-refractivity contribution in [3.8, 4) is 0 Å². The van der Waals surface area contributed by atoms with Gasteiger partial charge in [0.05, 0.1) is 4.99 Å². The fourth-order valence-electron chi connectivity index (χ4n) is 1.64. The molecule has 3 nitrogen and oxygen atoms in total. The molecule has 1 unspecified atom stereocenters. The molecule has 0 bridgehead atoms. The summed E-state index contributed by atoms with van der Waals surface area (Å²) in [7, 11) is 0. The van der Waals surface area contributed by atoms with Crippen LogP contribution < -0.4 is 5.73 Å². The quantitative estimate of drug-likeness (QED) is 0.833. The fourth-order valence-corrected chi connectivity index (χ4v) is 2.18. The van der Waals surface area contributed by atoms with Crippen molar-refractivity contribution in [2.24, 2.45) is 11.7 Å². The van der Waals surface area contributed by atoms with E-state index in [1.165, 1.54) is 12.1 Å². The van der Waals surface area contributed by atoms with Crippen molar-refractivity contribution in [2.45, 2.75) is 13.8 Å². The van der Waals surface area contributed by atoms with Crippen molar-refractivity contribution in [1.82, 2.24) is 4.90 Å². The lowest BCUT2D eigenvalue weighted by Crippen LogP contribution is -2.38. The summed E-state index contributed by atoms with van der Waals surface area (Å²) in [4.78, 5) is 14.3. The number of rotatable bonds is 5. The van der Waals surface area contributed by atoms with Gasteiger partial charge in [-0.2, -0.15) is 0 Å². The van der Waals surface area contributed by atoms with Gasteiger partial charge in [0, 0.05) is 29.0 Å². The molecule has 0 heterocycles. The second-order valence-corrected chi connectivity index (χ2v) is 5.69. The maximum Gasteiger partial charge on any atom is 0.254 e. The maximum absolute atomic E-state index is 13.3. The lowest BCUT2D eigenvalue weighted by Gasteiger charge is -2.24. The van der Waals surface area contributed by atoms with E-state index >= 15 is 0 Å². The van der Waals surface area contributed by atoms with Crippen LogP contribution in [0.4, 0.5) is 4.39 Å². The minimum atomic E-state index is -0.448. The van der Waals surface area contributed by atoms with Gasteiger partial charge in [0.25, 0.3) is 5.91 Å². The number of benzene rings is 1. The molecule has 0 aliphatic carbocycles. The number of hydrogen-bond acceptors (Lipinski definition) is 2. The Morgan fingerprint density at radius 1 is 1.53 bits per heavy atom. The van der Waals surface area contributed by atoms with Gasteiger partial charge >= 0.3 is 0 Å². The van der Waals surface area contributed by atoms with E-state index in [9.17, 15) is 9.18 Å². The van der Waals surface area contributed by atoms with Crippen molar-refractivity contribution in [1.29, 1.82) is 0 Å². The molecule has 0 spiro atoms. The third-order valence-corrected chi connectivity index (χ3v) is 3.62. The van der Waals surface area contributed by atoms with Crippen molar-refractivity contribution >= 4 is 39.0 Å². The first kappa shape index (κ1) is 16.0. The van der Waals surface area contributed by atoms with Gasteiger partial charge in [-0.1, -0.05) is 35.1 Å². The summed E-state index contributed by atoms with van der Waals surface area (Å²) in [5, 5.41) is 0. The molecule has 1 rings (SSSR count). The Bertz CT molecular complexity index is 475. The van der Waals surface area contributed by atoms with Gasteiger partial charge < -0.3 is 10.6 Å². The molecule has 0 radical (unpaired) electrons. The Morgan fingerprint density at radius 2 is 2.16 bits per heavy atom. The number of carbonyl (C=O) groups excluding carboxylic acids is 1. The summed E-state index contributed by atoms with van der Waals surface area (Å²) in [5.41, 5.74) is 5.86. The van der Waals surface area contributed by atoms with Crippen LogP contribution in [0.3, 0.4) is 0 Å². The SMILES string of the molecule is CCN(CC(C)C(N)=S)C(=O)c1cc(F)cc(Br)c1. The lowest BCUT2D eigenvalue weighted by atomic mass is 10.1. The smallest absolute Gasteiger partial charge is 0.254 e. The van der Waals surface area contributed by atoms with E-state index in [0.29, 0.717) is 28.1 Å². The number of nitrogens with two attached hydrogens (primary N) is 1. The second-order valence-electron chi connectivity index (χ2n) is 4.31. The molecule has 1 aromatic carbocycles. The van der Waals surface area contributed by atoms with Gasteiger partial charge in [0.1, 0.15) is 5.82 Å². The molecule has 104 valence electrons. The number of carbonyl (C=O) groups is 1. The molecule has 1 amide bonds. The van der Waals surface area contributed by atoms with Crippen molar-refractivity contribution < 1.29 is 9.18 Å².